The van der Waals surface area contributed by atoms with Crippen molar-refractivity contribution >= 4 is 35.1 Å². The van der Waals surface area contributed by atoms with Crippen molar-refractivity contribution in [1.82, 2.24) is 14.5 Å². The molecule has 5 heteroatoms. The molecule has 51 heavy (non-hydrogen) atoms. The first-order chi connectivity index (χ1) is 24.0. The van der Waals surface area contributed by atoms with E-state index in [2.05, 4.69) is 182 Å². The van der Waals surface area contributed by atoms with E-state index in [0.717, 1.165) is 55.8 Å². The number of pyridine rings is 1. The summed E-state index contributed by atoms with van der Waals surface area (Å²) in [6, 6.07) is 36.8. The van der Waals surface area contributed by atoms with E-state index in [4.69, 9.17) is 9.97 Å². The van der Waals surface area contributed by atoms with E-state index >= 15 is 0 Å². The van der Waals surface area contributed by atoms with Crippen molar-refractivity contribution in [2.24, 2.45) is 7.05 Å². The van der Waals surface area contributed by atoms with Gasteiger partial charge in [0.25, 0.3) is 0 Å². The van der Waals surface area contributed by atoms with E-state index in [9.17, 15) is 5.11 Å². The number of aromatic hydroxyl groups is 1. The number of aryl methyl sites for hydroxylation is 1. The van der Waals surface area contributed by atoms with E-state index in [0.29, 0.717) is 5.75 Å². The minimum absolute atomic E-state index is 0.0959. The van der Waals surface area contributed by atoms with Crippen molar-refractivity contribution < 1.29 is 5.11 Å². The van der Waals surface area contributed by atoms with Gasteiger partial charge in [0, 0.05) is 29.9 Å². The Morgan fingerprint density at radius 2 is 1.35 bits per heavy atom. The van der Waals surface area contributed by atoms with Gasteiger partial charge >= 0.3 is 0 Å². The molecular weight excluding hydrogens is 639 g/mol. The number of aromatic nitrogens is 3. The van der Waals surface area contributed by atoms with E-state index in [1.54, 1.807) is 0 Å². The molecule has 0 saturated carbocycles. The molecule has 2 aromatic heterocycles. The van der Waals surface area contributed by atoms with Gasteiger partial charge in [-0.2, -0.15) is 0 Å². The topological polar surface area (TPSA) is 50.9 Å². The molecule has 2 heterocycles. The SMILES string of the molecule is Cn1c(-c2cc(C(C)(C)C)cc(C(C)(C)C)c2O)nc2c(-c3cc(-c4cc(-c5ccccc5)c([Si](C)(C)C)cn4)c4ccccc4c3)cccc21. The van der Waals surface area contributed by atoms with Gasteiger partial charge in [-0.25, -0.2) is 4.98 Å². The molecular formula is C46H49N3OSi. The Labute approximate surface area is 303 Å². The van der Waals surface area contributed by atoms with Crippen LogP contribution in [0.2, 0.25) is 19.6 Å². The number of fused-ring (bicyclic) bond motifs is 2. The smallest absolute Gasteiger partial charge is 0.144 e. The highest BCUT2D eigenvalue weighted by atomic mass is 28.3. The highest BCUT2D eigenvalue weighted by Crippen LogP contribution is 2.44. The van der Waals surface area contributed by atoms with Gasteiger partial charge in [-0.1, -0.05) is 134 Å². The Morgan fingerprint density at radius 3 is 2.04 bits per heavy atom. The van der Waals surface area contributed by atoms with Crippen LogP contribution >= 0.6 is 0 Å². The van der Waals surface area contributed by atoms with Gasteiger partial charge in [0.1, 0.15) is 11.6 Å². The second-order valence-corrected chi connectivity index (χ2v) is 22.1. The van der Waals surface area contributed by atoms with Crippen molar-refractivity contribution in [2.45, 2.75) is 72.0 Å². The number of phenolic OH excluding ortho intramolecular Hbond substituents is 1. The van der Waals surface area contributed by atoms with Crippen molar-refractivity contribution in [3.63, 3.8) is 0 Å². The summed E-state index contributed by atoms with van der Waals surface area (Å²) in [4.78, 5) is 10.5. The van der Waals surface area contributed by atoms with Gasteiger partial charge in [0.15, 0.2) is 0 Å². The number of hydrogen-bond acceptors (Lipinski definition) is 3. The summed E-state index contributed by atoms with van der Waals surface area (Å²) in [6.07, 6.45) is 2.13. The zero-order valence-electron chi connectivity index (χ0n) is 31.7. The van der Waals surface area contributed by atoms with Gasteiger partial charge in [-0.15, -0.1) is 0 Å². The second-order valence-electron chi connectivity index (χ2n) is 17.1. The number of nitrogens with zero attached hydrogens (tertiary/aromatic N) is 3. The van der Waals surface area contributed by atoms with Crippen LogP contribution in [0.1, 0.15) is 52.7 Å². The number of benzene rings is 5. The molecule has 0 fully saturated rings. The third kappa shape index (κ3) is 6.29. The van der Waals surface area contributed by atoms with Crippen LogP contribution in [0, 0.1) is 0 Å². The second kappa shape index (κ2) is 12.3. The number of para-hydroxylation sites is 1. The zero-order chi connectivity index (χ0) is 36.5. The first-order valence-electron chi connectivity index (χ1n) is 18.0. The van der Waals surface area contributed by atoms with Crippen LogP contribution in [-0.2, 0) is 17.9 Å². The molecule has 0 atom stereocenters. The summed E-state index contributed by atoms with van der Waals surface area (Å²) in [5.74, 6) is 1.05. The van der Waals surface area contributed by atoms with Gasteiger partial charge in [0.2, 0.25) is 0 Å². The fourth-order valence-electron chi connectivity index (χ4n) is 7.23. The Balaban J connectivity index is 1.46. The minimum atomic E-state index is -1.69. The maximum Gasteiger partial charge on any atom is 0.144 e. The van der Waals surface area contributed by atoms with Gasteiger partial charge < -0.3 is 9.67 Å². The maximum absolute atomic E-state index is 11.8. The molecule has 0 bridgehead atoms. The Morgan fingerprint density at radius 1 is 0.647 bits per heavy atom. The average molecular weight is 688 g/mol. The van der Waals surface area contributed by atoms with E-state index in [1.807, 2.05) is 0 Å². The highest BCUT2D eigenvalue weighted by Gasteiger charge is 2.28. The number of imidazole rings is 1. The molecule has 0 radical (unpaired) electrons. The normalized spacial score (nSPS) is 12.6. The van der Waals surface area contributed by atoms with Crippen molar-refractivity contribution in [3.8, 4) is 50.6 Å². The molecule has 0 saturated heterocycles. The fourth-order valence-corrected chi connectivity index (χ4v) is 8.71. The molecule has 1 N–H and O–H groups in total. The summed E-state index contributed by atoms with van der Waals surface area (Å²) in [5.41, 5.74) is 11.1. The first-order valence-corrected chi connectivity index (χ1v) is 21.5. The molecule has 5 aromatic carbocycles. The molecule has 0 aliphatic heterocycles. The summed E-state index contributed by atoms with van der Waals surface area (Å²) in [6.45, 7) is 20.3. The lowest BCUT2D eigenvalue weighted by Gasteiger charge is -2.27. The molecule has 0 unspecified atom stereocenters. The van der Waals surface area contributed by atoms with Crippen molar-refractivity contribution in [3.05, 3.63) is 120 Å². The van der Waals surface area contributed by atoms with Crippen molar-refractivity contribution in [1.29, 1.82) is 0 Å². The minimum Gasteiger partial charge on any atom is -0.507 e. The van der Waals surface area contributed by atoms with Gasteiger partial charge in [-0.05, 0) is 79.4 Å². The average Bonchev–Trinajstić information content (AvgIpc) is 3.42. The number of phenols is 1. The van der Waals surface area contributed by atoms with Crippen LogP contribution in [0.15, 0.2) is 109 Å². The van der Waals surface area contributed by atoms with Crippen LogP contribution in [0.3, 0.4) is 0 Å². The monoisotopic (exact) mass is 687 g/mol. The third-order valence-electron chi connectivity index (χ3n) is 10.2. The fraction of sp³-hybridized carbons (Fsp3) is 0.261. The molecule has 258 valence electrons. The molecule has 0 spiro atoms. The van der Waals surface area contributed by atoms with Gasteiger partial charge in [0.05, 0.1) is 30.4 Å². The van der Waals surface area contributed by atoms with E-state index in [-0.39, 0.29) is 10.8 Å². The summed E-state index contributed by atoms with van der Waals surface area (Å²) in [5, 5.41) is 15.5. The third-order valence-corrected chi connectivity index (χ3v) is 12.2. The van der Waals surface area contributed by atoms with Crippen LogP contribution in [-0.4, -0.2) is 27.7 Å². The molecule has 4 nitrogen and oxygen atoms in total. The molecule has 0 amide bonds. The van der Waals surface area contributed by atoms with Crippen LogP contribution in [0.4, 0.5) is 0 Å². The first kappa shape index (κ1) is 34.4. The van der Waals surface area contributed by atoms with E-state index < -0.39 is 8.07 Å². The summed E-state index contributed by atoms with van der Waals surface area (Å²) in [7, 11) is 0.364. The van der Waals surface area contributed by atoms with Gasteiger partial charge in [-0.3, -0.25) is 4.98 Å². The summed E-state index contributed by atoms with van der Waals surface area (Å²) >= 11 is 0. The van der Waals surface area contributed by atoms with Crippen LogP contribution in [0.5, 0.6) is 5.75 Å². The van der Waals surface area contributed by atoms with E-state index in [1.165, 1.54) is 27.3 Å². The number of rotatable bonds is 5. The lowest BCUT2D eigenvalue weighted by molar-refractivity contribution is 0.446. The molecule has 0 aliphatic carbocycles. The lowest BCUT2D eigenvalue weighted by atomic mass is 9.79. The maximum atomic E-state index is 11.8. The Kier molecular flexibility index (Phi) is 8.34. The Bertz CT molecular complexity index is 2440. The molecule has 7 aromatic rings. The largest absolute Gasteiger partial charge is 0.507 e. The zero-order valence-corrected chi connectivity index (χ0v) is 32.7. The Hall–Kier alpha value is -5.00. The lowest BCUT2D eigenvalue weighted by Crippen LogP contribution is -2.39. The quantitative estimate of drug-likeness (QED) is 0.183. The predicted molar refractivity (Wildman–Crippen MR) is 220 cm³/mol. The number of hydrogen-bond donors (Lipinski definition) is 1. The molecule has 7 rings (SSSR count). The summed E-state index contributed by atoms with van der Waals surface area (Å²) < 4.78 is 2.12. The standard InChI is InChI=1S/C46H49N3OSi/c1-45(2,3)32-25-37(43(50)38(26-32)46(4,5)6)44-48-42-34(21-16-22-40(42)49(44)7)31-23-30-19-14-15-20-33(30)36(24-31)39-27-35(29-17-12-11-13-18-29)41(28-47-39)51(8,9)10/h11-28,50H,1-10H3. The van der Waals surface area contributed by atoms with Crippen molar-refractivity contribution in [2.75, 3.05) is 0 Å². The predicted octanol–water partition coefficient (Wildman–Crippen LogP) is 11.6. The van der Waals surface area contributed by atoms with Crippen LogP contribution < -0.4 is 5.19 Å². The highest BCUT2D eigenvalue weighted by molar-refractivity contribution is 6.89. The molecule has 0 aliphatic rings. The van der Waals surface area contributed by atoms with Crippen LogP contribution in [0.25, 0.3) is 66.7 Å².